The summed E-state index contributed by atoms with van der Waals surface area (Å²) in [6, 6.07) is 8.38. The number of oxime groups is 1. The maximum absolute atomic E-state index is 14.5. The van der Waals surface area contributed by atoms with E-state index in [1.165, 1.54) is 35.4 Å². The topological polar surface area (TPSA) is 63.7 Å². The number of hydrogen-bond donors (Lipinski definition) is 1. The zero-order valence-electron chi connectivity index (χ0n) is 18.0. The summed E-state index contributed by atoms with van der Waals surface area (Å²) in [7, 11) is 0. The van der Waals surface area contributed by atoms with Crippen LogP contribution in [0.1, 0.15) is 28.5 Å². The van der Waals surface area contributed by atoms with Gasteiger partial charge in [0, 0.05) is 22.9 Å². The monoisotopic (exact) mass is 532 g/mol. The second kappa shape index (κ2) is 9.58. The van der Waals surface area contributed by atoms with Crippen LogP contribution >= 0.6 is 11.6 Å². The summed E-state index contributed by atoms with van der Waals surface area (Å²) in [6.07, 6.45) is -10.3. The van der Waals surface area contributed by atoms with E-state index in [1.807, 2.05) is 0 Å². The fourth-order valence-electron chi connectivity index (χ4n) is 3.77. The first kappa shape index (κ1) is 25.7. The standard InChI is InChI=1S/C23H16ClF7N4O/c24-20-17(15(5-6-33-20)16-3-1-2-4-18(16)25)11-35-19(10-32)34-36-21(35)12-7-13(22(26,27)28)9-14(8-12)23(29,30)31/h1-9,21H,10-11,32H2. The molecule has 1 aliphatic rings. The van der Waals surface area contributed by atoms with Gasteiger partial charge in [-0.2, -0.15) is 26.3 Å². The van der Waals surface area contributed by atoms with Gasteiger partial charge in [-0.25, -0.2) is 9.37 Å². The third-order valence-corrected chi connectivity index (χ3v) is 5.77. The molecule has 0 bridgehead atoms. The van der Waals surface area contributed by atoms with Crippen molar-refractivity contribution >= 4 is 17.4 Å². The number of alkyl halides is 6. The molecule has 1 unspecified atom stereocenters. The predicted octanol–water partition coefficient (Wildman–Crippen LogP) is 6.38. The molecule has 0 radical (unpaired) electrons. The number of nitrogens with zero attached hydrogens (tertiary/aromatic N) is 3. The number of nitrogens with two attached hydrogens (primary N) is 1. The largest absolute Gasteiger partial charge is 0.416 e. The molecule has 0 spiro atoms. The molecule has 1 atom stereocenters. The van der Waals surface area contributed by atoms with Gasteiger partial charge >= 0.3 is 12.4 Å². The molecule has 3 aromatic rings. The van der Waals surface area contributed by atoms with E-state index in [0.717, 1.165) is 0 Å². The van der Waals surface area contributed by atoms with Crippen molar-refractivity contribution < 1.29 is 35.6 Å². The lowest BCUT2D eigenvalue weighted by Crippen LogP contribution is -2.35. The molecular weight excluding hydrogens is 517 g/mol. The second-order valence-electron chi connectivity index (χ2n) is 7.74. The highest BCUT2D eigenvalue weighted by molar-refractivity contribution is 6.30. The van der Waals surface area contributed by atoms with E-state index in [4.69, 9.17) is 22.2 Å². The summed E-state index contributed by atoms with van der Waals surface area (Å²) in [5.41, 5.74) is 2.94. The van der Waals surface area contributed by atoms with Crippen molar-refractivity contribution in [3.8, 4) is 11.1 Å². The van der Waals surface area contributed by atoms with Gasteiger partial charge in [0.1, 0.15) is 11.0 Å². The number of hydrogen-bond acceptors (Lipinski definition) is 5. The Hall–Kier alpha value is -3.38. The van der Waals surface area contributed by atoms with E-state index in [-0.39, 0.29) is 41.3 Å². The summed E-state index contributed by atoms with van der Waals surface area (Å²) in [4.78, 5) is 10.5. The van der Waals surface area contributed by atoms with Crippen LogP contribution in [0.15, 0.2) is 59.9 Å². The number of aromatic nitrogens is 1. The molecule has 2 aromatic carbocycles. The second-order valence-corrected chi connectivity index (χ2v) is 8.10. The highest BCUT2D eigenvalue weighted by atomic mass is 35.5. The Morgan fingerprint density at radius 3 is 2.17 bits per heavy atom. The Morgan fingerprint density at radius 2 is 1.58 bits per heavy atom. The van der Waals surface area contributed by atoms with Crippen molar-refractivity contribution in [2.45, 2.75) is 25.1 Å². The summed E-state index contributed by atoms with van der Waals surface area (Å²) in [6.45, 7) is -0.511. The molecule has 5 nitrogen and oxygen atoms in total. The normalized spacial score (nSPS) is 16.2. The number of benzene rings is 2. The highest BCUT2D eigenvalue weighted by Crippen LogP contribution is 2.41. The lowest BCUT2D eigenvalue weighted by molar-refractivity contribution is -0.143. The van der Waals surface area contributed by atoms with E-state index in [9.17, 15) is 30.7 Å². The average molecular weight is 533 g/mol. The molecule has 2 N–H and O–H groups in total. The Kier molecular flexibility index (Phi) is 6.84. The molecule has 36 heavy (non-hydrogen) atoms. The summed E-state index contributed by atoms with van der Waals surface area (Å²) < 4.78 is 95.0. The van der Waals surface area contributed by atoms with Gasteiger partial charge in [0.05, 0.1) is 24.2 Å². The Bertz CT molecular complexity index is 1280. The molecule has 1 aromatic heterocycles. The molecule has 0 aliphatic carbocycles. The lowest BCUT2D eigenvalue weighted by Gasteiger charge is -2.27. The molecule has 1 aliphatic heterocycles. The number of pyridine rings is 1. The van der Waals surface area contributed by atoms with Crippen LogP contribution in [0.4, 0.5) is 30.7 Å². The van der Waals surface area contributed by atoms with Gasteiger partial charge in [-0.3, -0.25) is 0 Å². The quantitative estimate of drug-likeness (QED) is 0.306. The van der Waals surface area contributed by atoms with Gasteiger partial charge in [0.2, 0.25) is 6.23 Å². The summed E-state index contributed by atoms with van der Waals surface area (Å²) in [5, 5.41) is 3.68. The minimum Gasteiger partial charge on any atom is -0.364 e. The molecule has 190 valence electrons. The van der Waals surface area contributed by atoms with Crippen LogP contribution in [0.25, 0.3) is 11.1 Å². The first-order valence-electron chi connectivity index (χ1n) is 10.3. The molecule has 0 amide bonds. The van der Waals surface area contributed by atoms with Crippen molar-refractivity contribution in [1.82, 2.24) is 9.88 Å². The third kappa shape index (κ3) is 5.09. The predicted molar refractivity (Wildman–Crippen MR) is 117 cm³/mol. The van der Waals surface area contributed by atoms with Crippen molar-refractivity contribution in [3.05, 3.63) is 88.0 Å². The number of halogens is 8. The van der Waals surface area contributed by atoms with Crippen molar-refractivity contribution in [3.63, 3.8) is 0 Å². The van der Waals surface area contributed by atoms with Crippen molar-refractivity contribution in [2.75, 3.05) is 6.54 Å². The fraction of sp³-hybridized carbons (Fsp3) is 0.217. The zero-order valence-corrected chi connectivity index (χ0v) is 18.8. The van der Waals surface area contributed by atoms with Gasteiger partial charge in [-0.15, -0.1) is 0 Å². The van der Waals surface area contributed by atoms with E-state index in [2.05, 4.69) is 10.1 Å². The molecule has 4 rings (SSSR count). The number of amidine groups is 1. The minimum absolute atomic E-state index is 0.0156. The van der Waals surface area contributed by atoms with Gasteiger partial charge in [-0.05, 0) is 35.9 Å². The molecule has 13 heteroatoms. The average Bonchev–Trinajstić information content (AvgIpc) is 3.22. The Balaban J connectivity index is 1.81. The Morgan fingerprint density at radius 1 is 0.944 bits per heavy atom. The van der Waals surface area contributed by atoms with Crippen molar-refractivity contribution in [2.24, 2.45) is 10.9 Å². The zero-order chi connectivity index (χ0) is 26.3. The SMILES string of the molecule is NCC1=NOC(c2cc(C(F)(F)F)cc(C(F)(F)F)c2)N1Cc1c(-c2ccccc2F)ccnc1Cl. The van der Waals surface area contributed by atoms with E-state index < -0.39 is 41.1 Å². The van der Waals surface area contributed by atoms with Crippen LogP contribution in [-0.4, -0.2) is 22.3 Å². The maximum Gasteiger partial charge on any atom is 0.416 e. The smallest absolute Gasteiger partial charge is 0.364 e. The van der Waals surface area contributed by atoms with Crippen LogP contribution in [0, 0.1) is 5.82 Å². The first-order chi connectivity index (χ1) is 16.9. The minimum atomic E-state index is -5.05. The van der Waals surface area contributed by atoms with Gasteiger partial charge in [0.25, 0.3) is 0 Å². The van der Waals surface area contributed by atoms with Crippen LogP contribution in [-0.2, 0) is 23.7 Å². The van der Waals surface area contributed by atoms with Gasteiger partial charge < -0.3 is 15.5 Å². The van der Waals surface area contributed by atoms with Crippen LogP contribution in [0.3, 0.4) is 0 Å². The van der Waals surface area contributed by atoms with E-state index >= 15 is 0 Å². The fourth-order valence-corrected chi connectivity index (χ4v) is 3.98. The Labute approximate surface area is 204 Å². The third-order valence-electron chi connectivity index (χ3n) is 5.45. The van der Waals surface area contributed by atoms with Crippen molar-refractivity contribution in [1.29, 1.82) is 0 Å². The molecule has 2 heterocycles. The lowest BCUT2D eigenvalue weighted by atomic mass is 9.99. The van der Waals surface area contributed by atoms with Gasteiger partial charge in [0.15, 0.2) is 5.84 Å². The van der Waals surface area contributed by atoms with Gasteiger partial charge in [-0.1, -0.05) is 35.0 Å². The molecular formula is C23H16ClF7N4O. The van der Waals surface area contributed by atoms with Crippen LogP contribution < -0.4 is 5.73 Å². The van der Waals surface area contributed by atoms with Crippen LogP contribution in [0.2, 0.25) is 5.15 Å². The summed E-state index contributed by atoms with van der Waals surface area (Å²) in [5.74, 6) is -0.541. The summed E-state index contributed by atoms with van der Waals surface area (Å²) >= 11 is 6.30. The molecule has 0 saturated heterocycles. The number of rotatable bonds is 5. The molecule has 0 saturated carbocycles. The maximum atomic E-state index is 14.5. The van der Waals surface area contributed by atoms with Crippen LogP contribution in [0.5, 0.6) is 0 Å². The van der Waals surface area contributed by atoms with E-state index in [0.29, 0.717) is 17.7 Å². The first-order valence-corrected chi connectivity index (χ1v) is 10.6. The molecule has 0 fully saturated rings. The highest BCUT2D eigenvalue weighted by Gasteiger charge is 2.40. The van der Waals surface area contributed by atoms with E-state index in [1.54, 1.807) is 6.07 Å².